The molecule has 0 aliphatic heterocycles. The SMILES string of the molecule is CC/C=C\C/C=C\C/C=C\C/C=C\CCCCCCCCCOCC(COP(=O)(O)OCCN)OC(=O)CCCCCCC/C=C\CCCCCCCCC. The van der Waals surface area contributed by atoms with Crippen LogP contribution in [-0.4, -0.2) is 49.9 Å². The second-order valence-corrected chi connectivity index (χ2v) is 16.0. The highest BCUT2D eigenvalue weighted by Crippen LogP contribution is 2.43. The Morgan fingerprint density at radius 3 is 1.55 bits per heavy atom. The molecule has 2 atom stereocenters. The Morgan fingerprint density at radius 1 is 0.564 bits per heavy atom. The summed E-state index contributed by atoms with van der Waals surface area (Å²) in [6, 6.07) is 0. The van der Waals surface area contributed by atoms with E-state index >= 15 is 0 Å². The molecule has 0 spiro atoms. The van der Waals surface area contributed by atoms with Gasteiger partial charge in [-0.3, -0.25) is 13.8 Å². The first-order chi connectivity index (χ1) is 26.9. The van der Waals surface area contributed by atoms with Gasteiger partial charge in [-0.15, -0.1) is 0 Å². The summed E-state index contributed by atoms with van der Waals surface area (Å²) in [7, 11) is -4.28. The van der Waals surface area contributed by atoms with Crippen LogP contribution in [0.3, 0.4) is 0 Å². The summed E-state index contributed by atoms with van der Waals surface area (Å²) in [6.07, 6.45) is 52.4. The molecule has 0 aromatic heterocycles. The fraction of sp³-hybridized carbons (Fsp3) is 0.761. The third-order valence-electron chi connectivity index (χ3n) is 9.17. The molecule has 0 radical (unpaired) electrons. The van der Waals surface area contributed by atoms with E-state index in [2.05, 4.69) is 74.6 Å². The van der Waals surface area contributed by atoms with Gasteiger partial charge in [0, 0.05) is 19.6 Å². The number of carbonyl (C=O) groups is 1. The highest BCUT2D eigenvalue weighted by Gasteiger charge is 2.25. The van der Waals surface area contributed by atoms with Crippen molar-refractivity contribution in [3.63, 3.8) is 0 Å². The van der Waals surface area contributed by atoms with E-state index in [9.17, 15) is 14.3 Å². The Hall–Kier alpha value is -1.80. The van der Waals surface area contributed by atoms with E-state index in [1.54, 1.807) is 0 Å². The molecule has 0 aliphatic carbocycles. The quantitative estimate of drug-likeness (QED) is 0.0271. The van der Waals surface area contributed by atoms with E-state index in [-0.39, 0.29) is 32.3 Å². The van der Waals surface area contributed by atoms with Gasteiger partial charge in [0.2, 0.25) is 0 Å². The minimum Gasteiger partial charge on any atom is -0.457 e. The van der Waals surface area contributed by atoms with Gasteiger partial charge in [-0.25, -0.2) is 4.57 Å². The lowest BCUT2D eigenvalue weighted by Crippen LogP contribution is -2.28. The predicted molar refractivity (Wildman–Crippen MR) is 233 cm³/mol. The number of carbonyl (C=O) groups excluding carboxylic acids is 1. The Bertz CT molecular complexity index is 1030. The van der Waals surface area contributed by atoms with E-state index < -0.39 is 13.9 Å². The number of nitrogens with two attached hydrogens (primary N) is 1. The molecule has 320 valence electrons. The molecule has 9 heteroatoms. The van der Waals surface area contributed by atoms with Gasteiger partial charge in [-0.05, 0) is 77.0 Å². The fourth-order valence-electron chi connectivity index (χ4n) is 5.92. The van der Waals surface area contributed by atoms with Crippen molar-refractivity contribution < 1.29 is 32.8 Å². The van der Waals surface area contributed by atoms with Crippen LogP contribution in [0.25, 0.3) is 0 Å². The van der Waals surface area contributed by atoms with Crippen LogP contribution in [0, 0.1) is 0 Å². The van der Waals surface area contributed by atoms with Crippen molar-refractivity contribution in [2.24, 2.45) is 5.73 Å². The first-order valence-corrected chi connectivity index (χ1v) is 23.8. The van der Waals surface area contributed by atoms with E-state index in [1.165, 1.54) is 83.5 Å². The highest BCUT2D eigenvalue weighted by atomic mass is 31.2. The number of hydrogen-bond acceptors (Lipinski definition) is 7. The molecule has 0 heterocycles. The zero-order valence-corrected chi connectivity index (χ0v) is 36.3. The first kappa shape index (κ1) is 53.2. The van der Waals surface area contributed by atoms with E-state index in [1.807, 2.05) is 0 Å². The summed E-state index contributed by atoms with van der Waals surface area (Å²) in [6.45, 7) is 4.77. The van der Waals surface area contributed by atoms with Gasteiger partial charge in [0.25, 0.3) is 0 Å². The second kappa shape index (κ2) is 43.3. The lowest BCUT2D eigenvalue weighted by molar-refractivity contribution is -0.154. The number of allylic oxidation sites excluding steroid dienone is 10. The Balaban J connectivity index is 4.06. The molecular weight excluding hydrogens is 709 g/mol. The average molecular weight is 794 g/mol. The van der Waals surface area contributed by atoms with Crippen molar-refractivity contribution >= 4 is 13.8 Å². The standard InChI is InChI=1S/C46H84NO7P/c1-3-5-7-9-11-13-15-17-19-21-22-23-24-26-28-30-32-34-36-38-41-51-43-45(44-53-55(49,50)52-42-40-47)54-46(48)39-37-35-33-31-29-27-25-20-18-16-14-12-10-8-6-4-2/h5,7,11,13,17,19-20,22-23,25,45H,3-4,6,8-10,12,14-16,18,21,24,26-44,47H2,1-2H3,(H,49,50)/b7-5-,13-11-,19-17-,23-22-,25-20-. The Morgan fingerprint density at radius 2 is 1.02 bits per heavy atom. The van der Waals surface area contributed by atoms with Gasteiger partial charge >= 0.3 is 13.8 Å². The van der Waals surface area contributed by atoms with Crippen LogP contribution < -0.4 is 5.73 Å². The molecule has 0 bridgehead atoms. The molecule has 0 saturated carbocycles. The number of unbranched alkanes of at least 4 members (excludes halogenated alkanes) is 19. The molecule has 0 aromatic rings. The van der Waals surface area contributed by atoms with Crippen LogP contribution >= 0.6 is 7.82 Å². The Labute approximate surface area is 338 Å². The van der Waals surface area contributed by atoms with Crippen LogP contribution in [0.5, 0.6) is 0 Å². The van der Waals surface area contributed by atoms with Crippen molar-refractivity contribution in [2.45, 2.75) is 193 Å². The topological polar surface area (TPSA) is 117 Å². The largest absolute Gasteiger partial charge is 0.472 e. The maximum atomic E-state index is 12.6. The minimum atomic E-state index is -4.28. The highest BCUT2D eigenvalue weighted by molar-refractivity contribution is 7.47. The third kappa shape index (κ3) is 43.2. The molecule has 8 nitrogen and oxygen atoms in total. The molecule has 0 rings (SSSR count). The number of phosphoric ester groups is 1. The van der Waals surface area contributed by atoms with Gasteiger partial charge in [-0.2, -0.15) is 0 Å². The maximum Gasteiger partial charge on any atom is 0.472 e. The molecule has 55 heavy (non-hydrogen) atoms. The number of esters is 1. The second-order valence-electron chi connectivity index (χ2n) is 14.5. The fourth-order valence-corrected chi connectivity index (χ4v) is 6.69. The monoisotopic (exact) mass is 794 g/mol. The number of ether oxygens (including phenoxy) is 2. The van der Waals surface area contributed by atoms with Crippen molar-refractivity contribution in [2.75, 3.05) is 33.0 Å². The van der Waals surface area contributed by atoms with Gasteiger partial charge in [-0.1, -0.05) is 164 Å². The van der Waals surface area contributed by atoms with Gasteiger partial charge in [0.05, 0.1) is 19.8 Å². The maximum absolute atomic E-state index is 12.6. The van der Waals surface area contributed by atoms with E-state index in [0.717, 1.165) is 83.5 Å². The summed E-state index contributed by atoms with van der Waals surface area (Å²) < 4.78 is 33.4. The van der Waals surface area contributed by atoms with Crippen LogP contribution in [0.4, 0.5) is 0 Å². The molecule has 0 fully saturated rings. The number of rotatable bonds is 42. The molecule has 3 N–H and O–H groups in total. The Kier molecular flexibility index (Phi) is 41.9. The third-order valence-corrected chi connectivity index (χ3v) is 10.2. The summed E-state index contributed by atoms with van der Waals surface area (Å²) >= 11 is 0. The summed E-state index contributed by atoms with van der Waals surface area (Å²) in [4.78, 5) is 22.5. The zero-order valence-electron chi connectivity index (χ0n) is 35.4. The van der Waals surface area contributed by atoms with E-state index in [4.69, 9.17) is 24.3 Å². The van der Waals surface area contributed by atoms with Gasteiger partial charge in [0.15, 0.2) is 0 Å². The zero-order chi connectivity index (χ0) is 40.2. The molecular formula is C46H84NO7P. The summed E-state index contributed by atoms with van der Waals surface area (Å²) in [5.74, 6) is -0.344. The molecule has 2 unspecified atom stereocenters. The summed E-state index contributed by atoms with van der Waals surface area (Å²) in [5.41, 5.74) is 5.37. The lowest BCUT2D eigenvalue weighted by Gasteiger charge is -2.20. The van der Waals surface area contributed by atoms with Crippen LogP contribution in [0.2, 0.25) is 0 Å². The van der Waals surface area contributed by atoms with Crippen LogP contribution in [0.1, 0.15) is 187 Å². The van der Waals surface area contributed by atoms with Crippen LogP contribution in [-0.2, 0) is 27.9 Å². The molecule has 0 aromatic carbocycles. The molecule has 0 saturated heterocycles. The normalized spacial score (nSPS) is 14.0. The molecule has 0 aliphatic rings. The van der Waals surface area contributed by atoms with Crippen molar-refractivity contribution in [3.8, 4) is 0 Å². The minimum absolute atomic E-state index is 0.0947. The smallest absolute Gasteiger partial charge is 0.457 e. The van der Waals surface area contributed by atoms with Crippen LogP contribution in [0.15, 0.2) is 60.8 Å². The summed E-state index contributed by atoms with van der Waals surface area (Å²) in [5, 5.41) is 0. The van der Waals surface area contributed by atoms with Crippen molar-refractivity contribution in [1.29, 1.82) is 0 Å². The number of hydrogen-bond donors (Lipinski definition) is 2. The molecule has 0 amide bonds. The van der Waals surface area contributed by atoms with Gasteiger partial charge in [0.1, 0.15) is 6.10 Å². The number of phosphoric acid groups is 1. The van der Waals surface area contributed by atoms with Crippen molar-refractivity contribution in [3.05, 3.63) is 60.8 Å². The van der Waals surface area contributed by atoms with E-state index in [0.29, 0.717) is 13.0 Å². The lowest BCUT2D eigenvalue weighted by atomic mass is 10.1. The predicted octanol–water partition coefficient (Wildman–Crippen LogP) is 13.4. The first-order valence-electron chi connectivity index (χ1n) is 22.3. The average Bonchev–Trinajstić information content (AvgIpc) is 3.17. The van der Waals surface area contributed by atoms with Crippen molar-refractivity contribution in [1.82, 2.24) is 0 Å². The van der Waals surface area contributed by atoms with Gasteiger partial charge < -0.3 is 20.1 Å².